The third-order valence-corrected chi connectivity index (χ3v) is 2.94. The monoisotopic (exact) mass is 237 g/mol. The average molecular weight is 237 g/mol. The summed E-state index contributed by atoms with van der Waals surface area (Å²) in [7, 11) is 0. The molecular formula is C13H23N3O. The predicted octanol–water partition coefficient (Wildman–Crippen LogP) is 1.78. The molecule has 2 N–H and O–H groups in total. The molecule has 0 aliphatic rings. The second-order valence-corrected chi connectivity index (χ2v) is 4.63. The molecule has 4 heteroatoms. The molecule has 4 nitrogen and oxygen atoms in total. The van der Waals surface area contributed by atoms with Crippen molar-refractivity contribution in [2.24, 2.45) is 11.7 Å². The van der Waals surface area contributed by atoms with Crippen LogP contribution in [0.15, 0.2) is 12.4 Å². The standard InChI is InChI=1S/C13H23N3O/c1-3-7-16-8-6-15-13(16)9-12(17)5-4-11(2)10-14/h6,8,11H,3-5,7,9-10,14H2,1-2H3. The lowest BCUT2D eigenvalue weighted by molar-refractivity contribution is -0.118. The van der Waals surface area contributed by atoms with E-state index in [1.807, 2.05) is 6.20 Å². The molecule has 0 radical (unpaired) electrons. The first-order valence-electron chi connectivity index (χ1n) is 6.39. The number of aryl methyl sites for hydroxylation is 1. The Hall–Kier alpha value is -1.16. The highest BCUT2D eigenvalue weighted by molar-refractivity contribution is 5.80. The van der Waals surface area contributed by atoms with Gasteiger partial charge in [-0.25, -0.2) is 4.98 Å². The molecule has 1 aromatic rings. The zero-order valence-corrected chi connectivity index (χ0v) is 10.9. The van der Waals surface area contributed by atoms with Gasteiger partial charge in [0.25, 0.3) is 0 Å². The molecule has 96 valence electrons. The number of nitrogens with zero attached hydrogens (tertiary/aromatic N) is 2. The van der Waals surface area contributed by atoms with Crippen LogP contribution in [0.1, 0.15) is 38.9 Å². The summed E-state index contributed by atoms with van der Waals surface area (Å²) in [4.78, 5) is 16.0. The lowest BCUT2D eigenvalue weighted by Crippen LogP contribution is -2.14. The summed E-state index contributed by atoms with van der Waals surface area (Å²) in [5.41, 5.74) is 5.53. The first-order valence-corrected chi connectivity index (χ1v) is 6.39. The van der Waals surface area contributed by atoms with Crippen LogP contribution < -0.4 is 5.73 Å². The minimum atomic E-state index is 0.258. The van der Waals surface area contributed by atoms with Gasteiger partial charge in [-0.3, -0.25) is 4.79 Å². The highest BCUT2D eigenvalue weighted by Crippen LogP contribution is 2.07. The lowest BCUT2D eigenvalue weighted by Gasteiger charge is -2.08. The molecule has 1 rings (SSSR count). The number of nitrogens with two attached hydrogens (primary N) is 1. The SMILES string of the molecule is CCCn1ccnc1CC(=O)CCC(C)CN. The van der Waals surface area contributed by atoms with Crippen LogP contribution in [0.25, 0.3) is 0 Å². The van der Waals surface area contributed by atoms with Crippen molar-refractivity contribution in [2.45, 2.75) is 46.1 Å². The molecule has 17 heavy (non-hydrogen) atoms. The highest BCUT2D eigenvalue weighted by atomic mass is 16.1. The summed E-state index contributed by atoms with van der Waals surface area (Å²) >= 11 is 0. The molecule has 1 unspecified atom stereocenters. The number of carbonyl (C=O) groups is 1. The Morgan fingerprint density at radius 1 is 1.59 bits per heavy atom. The van der Waals surface area contributed by atoms with E-state index in [1.165, 1.54) is 0 Å². The summed E-state index contributed by atoms with van der Waals surface area (Å²) < 4.78 is 2.06. The molecule has 0 saturated heterocycles. The molecule has 1 atom stereocenters. The van der Waals surface area contributed by atoms with Gasteiger partial charge in [-0.15, -0.1) is 0 Å². The third-order valence-electron chi connectivity index (χ3n) is 2.94. The van der Waals surface area contributed by atoms with E-state index in [1.54, 1.807) is 6.20 Å². The van der Waals surface area contributed by atoms with E-state index < -0.39 is 0 Å². The fraction of sp³-hybridized carbons (Fsp3) is 0.692. The van der Waals surface area contributed by atoms with Gasteiger partial charge >= 0.3 is 0 Å². The normalized spacial score (nSPS) is 12.6. The molecule has 1 heterocycles. The second kappa shape index (κ2) is 7.22. The van der Waals surface area contributed by atoms with Crippen LogP contribution in [0.3, 0.4) is 0 Å². The minimum absolute atomic E-state index is 0.258. The van der Waals surface area contributed by atoms with Gasteiger partial charge in [-0.05, 0) is 25.3 Å². The topological polar surface area (TPSA) is 60.9 Å². The molecule has 0 fully saturated rings. The van der Waals surface area contributed by atoms with Crippen molar-refractivity contribution >= 4 is 5.78 Å². The molecule has 0 amide bonds. The van der Waals surface area contributed by atoms with Gasteiger partial charge in [0.2, 0.25) is 0 Å². The van der Waals surface area contributed by atoms with Gasteiger partial charge in [0.1, 0.15) is 11.6 Å². The van der Waals surface area contributed by atoms with E-state index in [0.717, 1.165) is 25.2 Å². The van der Waals surface area contributed by atoms with Crippen LogP contribution in [0.4, 0.5) is 0 Å². The largest absolute Gasteiger partial charge is 0.335 e. The molecule has 0 bridgehead atoms. The van der Waals surface area contributed by atoms with Crippen LogP contribution in [0.5, 0.6) is 0 Å². The Labute approximate surface area is 103 Å². The van der Waals surface area contributed by atoms with Gasteiger partial charge < -0.3 is 10.3 Å². The van der Waals surface area contributed by atoms with Crippen molar-refractivity contribution in [3.05, 3.63) is 18.2 Å². The molecular weight excluding hydrogens is 214 g/mol. The van der Waals surface area contributed by atoms with E-state index in [-0.39, 0.29) is 5.78 Å². The Bertz CT molecular complexity index is 346. The number of hydrogen-bond donors (Lipinski definition) is 1. The quantitative estimate of drug-likeness (QED) is 0.749. The lowest BCUT2D eigenvalue weighted by atomic mass is 10.0. The number of rotatable bonds is 8. The van der Waals surface area contributed by atoms with Crippen LogP contribution in [-0.2, 0) is 17.8 Å². The summed E-state index contributed by atoms with van der Waals surface area (Å²) in [5, 5.41) is 0. The molecule has 1 aromatic heterocycles. The van der Waals surface area contributed by atoms with Gasteiger partial charge in [0.05, 0.1) is 6.42 Å². The Morgan fingerprint density at radius 2 is 2.35 bits per heavy atom. The smallest absolute Gasteiger partial charge is 0.140 e. The van der Waals surface area contributed by atoms with E-state index in [4.69, 9.17) is 5.73 Å². The van der Waals surface area contributed by atoms with Crippen molar-refractivity contribution in [1.82, 2.24) is 9.55 Å². The zero-order valence-electron chi connectivity index (χ0n) is 10.9. The Balaban J connectivity index is 2.42. The van der Waals surface area contributed by atoms with Gasteiger partial charge in [0.15, 0.2) is 0 Å². The fourth-order valence-electron chi connectivity index (χ4n) is 1.74. The summed E-state index contributed by atoms with van der Waals surface area (Å²) in [6.45, 7) is 5.78. The first kappa shape index (κ1) is 13.9. The van der Waals surface area contributed by atoms with Crippen LogP contribution in [0, 0.1) is 5.92 Å². The predicted molar refractivity (Wildman–Crippen MR) is 68.7 cm³/mol. The Kier molecular flexibility index (Phi) is 5.91. The van der Waals surface area contributed by atoms with Gasteiger partial charge in [0, 0.05) is 25.4 Å². The van der Waals surface area contributed by atoms with Crippen LogP contribution >= 0.6 is 0 Å². The van der Waals surface area contributed by atoms with E-state index in [2.05, 4.69) is 23.4 Å². The summed E-state index contributed by atoms with van der Waals surface area (Å²) in [5.74, 6) is 1.57. The fourth-order valence-corrected chi connectivity index (χ4v) is 1.74. The van der Waals surface area contributed by atoms with Crippen LogP contribution in [0.2, 0.25) is 0 Å². The minimum Gasteiger partial charge on any atom is -0.335 e. The number of aromatic nitrogens is 2. The van der Waals surface area contributed by atoms with Gasteiger partial charge in [-0.2, -0.15) is 0 Å². The van der Waals surface area contributed by atoms with Crippen LogP contribution in [-0.4, -0.2) is 21.9 Å². The highest BCUT2D eigenvalue weighted by Gasteiger charge is 2.10. The average Bonchev–Trinajstić information content (AvgIpc) is 2.74. The maximum atomic E-state index is 11.8. The maximum absolute atomic E-state index is 11.8. The van der Waals surface area contributed by atoms with Gasteiger partial charge in [-0.1, -0.05) is 13.8 Å². The van der Waals surface area contributed by atoms with E-state index in [9.17, 15) is 4.79 Å². The number of Topliss-reactive ketones (excluding diaryl/α,β-unsaturated/α-hetero) is 1. The molecule has 0 aliphatic heterocycles. The number of hydrogen-bond acceptors (Lipinski definition) is 3. The van der Waals surface area contributed by atoms with Crippen molar-refractivity contribution in [1.29, 1.82) is 0 Å². The number of imidazole rings is 1. The maximum Gasteiger partial charge on any atom is 0.140 e. The summed E-state index contributed by atoms with van der Waals surface area (Å²) in [6.07, 6.45) is 6.70. The number of carbonyl (C=O) groups excluding carboxylic acids is 1. The first-order chi connectivity index (χ1) is 8.17. The van der Waals surface area contributed by atoms with Crippen molar-refractivity contribution in [3.63, 3.8) is 0 Å². The Morgan fingerprint density at radius 3 is 3.00 bits per heavy atom. The van der Waals surface area contributed by atoms with Crippen molar-refractivity contribution < 1.29 is 4.79 Å². The van der Waals surface area contributed by atoms with Crippen molar-refractivity contribution in [2.75, 3.05) is 6.54 Å². The molecule has 0 spiro atoms. The van der Waals surface area contributed by atoms with E-state index in [0.29, 0.717) is 25.3 Å². The molecule has 0 aliphatic carbocycles. The second-order valence-electron chi connectivity index (χ2n) is 4.63. The third kappa shape index (κ3) is 4.69. The zero-order chi connectivity index (χ0) is 12.7. The summed E-state index contributed by atoms with van der Waals surface area (Å²) in [6, 6.07) is 0. The molecule has 0 aromatic carbocycles. The van der Waals surface area contributed by atoms with Crippen molar-refractivity contribution in [3.8, 4) is 0 Å². The van der Waals surface area contributed by atoms with E-state index >= 15 is 0 Å². The molecule has 0 saturated carbocycles. The number of ketones is 1.